The van der Waals surface area contributed by atoms with Gasteiger partial charge in [-0.2, -0.15) is 0 Å². The predicted molar refractivity (Wildman–Crippen MR) is 88.3 cm³/mol. The zero-order chi connectivity index (χ0) is 16.7. The summed E-state index contributed by atoms with van der Waals surface area (Å²) in [4.78, 5) is 13.6. The minimum absolute atomic E-state index is 0.104. The van der Waals surface area contributed by atoms with Crippen molar-refractivity contribution in [2.75, 3.05) is 0 Å². The van der Waals surface area contributed by atoms with Crippen molar-refractivity contribution in [2.45, 2.75) is 70.9 Å². The fourth-order valence-electron chi connectivity index (χ4n) is 3.35. The highest BCUT2D eigenvalue weighted by Gasteiger charge is 2.51. The predicted octanol–water partition coefficient (Wildman–Crippen LogP) is 5.03. The van der Waals surface area contributed by atoms with E-state index in [1.807, 2.05) is 30.3 Å². The highest BCUT2D eigenvalue weighted by molar-refractivity contribution is 5.86. The van der Waals surface area contributed by atoms with Crippen LogP contribution in [0.2, 0.25) is 0 Å². The highest BCUT2D eigenvalue weighted by Crippen LogP contribution is 2.36. The zero-order valence-electron chi connectivity index (χ0n) is 13.9. The number of carbonyl (C=O) groups excluding carboxylic acids is 1. The molecule has 0 saturated carbocycles. The Hall–Kier alpha value is -1.45. The van der Waals surface area contributed by atoms with Gasteiger partial charge < -0.3 is 4.90 Å². The van der Waals surface area contributed by atoms with Crippen LogP contribution in [0.4, 0.5) is 8.78 Å². The largest absolute Gasteiger partial charge is 0.329 e. The molecule has 1 saturated heterocycles. The Balaban J connectivity index is 1.81. The molecule has 2 nitrogen and oxygen atoms in total. The average molecular weight is 323 g/mol. The Labute approximate surface area is 137 Å². The Morgan fingerprint density at radius 3 is 2.35 bits per heavy atom. The van der Waals surface area contributed by atoms with Gasteiger partial charge in [0.25, 0.3) is 6.43 Å². The summed E-state index contributed by atoms with van der Waals surface area (Å²) < 4.78 is 26.7. The van der Waals surface area contributed by atoms with E-state index in [9.17, 15) is 13.6 Å². The Kier molecular flexibility index (Phi) is 7.00. The molecule has 0 aliphatic carbocycles. The first-order chi connectivity index (χ1) is 11.1. The summed E-state index contributed by atoms with van der Waals surface area (Å²) in [5.41, 5.74) is 0.907. The molecule has 128 valence electrons. The minimum atomic E-state index is -2.46. The molecule has 1 fully saturated rings. The molecule has 0 bridgehead atoms. The number of rotatable bonds is 10. The van der Waals surface area contributed by atoms with Crippen LogP contribution in [0.3, 0.4) is 0 Å². The molecular weight excluding hydrogens is 296 g/mol. The number of amides is 1. The lowest BCUT2D eigenvalue weighted by Crippen LogP contribution is -2.63. The van der Waals surface area contributed by atoms with Crippen LogP contribution in [0.15, 0.2) is 30.3 Å². The van der Waals surface area contributed by atoms with Gasteiger partial charge in [-0.3, -0.25) is 4.79 Å². The summed E-state index contributed by atoms with van der Waals surface area (Å²) >= 11 is 0. The SMILES string of the molecule is CCCCCCCC[C@@H]1C(=O)N(Cc2ccccc2)[C@H]1C(F)F. The van der Waals surface area contributed by atoms with Gasteiger partial charge in [-0.25, -0.2) is 8.78 Å². The van der Waals surface area contributed by atoms with Crippen LogP contribution >= 0.6 is 0 Å². The molecule has 0 radical (unpaired) electrons. The highest BCUT2D eigenvalue weighted by atomic mass is 19.3. The van der Waals surface area contributed by atoms with Crippen molar-refractivity contribution in [3.05, 3.63) is 35.9 Å². The van der Waals surface area contributed by atoms with E-state index in [1.165, 1.54) is 24.2 Å². The average Bonchev–Trinajstić information content (AvgIpc) is 2.55. The van der Waals surface area contributed by atoms with Gasteiger partial charge in [0.2, 0.25) is 5.91 Å². The summed E-state index contributed by atoms with van der Waals surface area (Å²) in [6.45, 7) is 2.46. The van der Waals surface area contributed by atoms with Gasteiger partial charge in [0.15, 0.2) is 0 Å². The molecular formula is C19H27F2NO. The lowest BCUT2D eigenvalue weighted by Gasteiger charge is -2.47. The summed E-state index contributed by atoms with van der Waals surface area (Å²) in [5, 5.41) is 0. The molecule has 0 unspecified atom stereocenters. The maximum atomic E-state index is 13.3. The molecule has 1 aromatic rings. The molecule has 0 N–H and O–H groups in total. The molecule has 1 aliphatic rings. The molecule has 2 rings (SSSR count). The molecule has 1 aliphatic heterocycles. The van der Waals surface area contributed by atoms with E-state index in [1.54, 1.807) is 0 Å². The number of β-lactam (4-membered cyclic amide) rings is 1. The van der Waals surface area contributed by atoms with Gasteiger partial charge in [-0.1, -0.05) is 75.8 Å². The van der Waals surface area contributed by atoms with Gasteiger partial charge in [0.1, 0.15) is 6.04 Å². The standard InChI is InChI=1S/C19H27F2NO/c1-2-3-4-5-6-10-13-16-17(18(20)21)22(19(16)23)14-15-11-8-7-9-12-15/h7-9,11-12,16-18H,2-6,10,13-14H2,1H3/t16-,17+/m0/s1. The second-order valence-corrected chi connectivity index (χ2v) is 6.44. The first-order valence-electron chi connectivity index (χ1n) is 8.77. The van der Waals surface area contributed by atoms with Crippen LogP contribution in [0.25, 0.3) is 0 Å². The maximum Gasteiger partial charge on any atom is 0.259 e. The van der Waals surface area contributed by atoms with Crippen molar-refractivity contribution in [1.29, 1.82) is 0 Å². The van der Waals surface area contributed by atoms with Crippen molar-refractivity contribution < 1.29 is 13.6 Å². The van der Waals surface area contributed by atoms with Crippen molar-refractivity contribution in [2.24, 2.45) is 5.92 Å². The second-order valence-electron chi connectivity index (χ2n) is 6.44. The van der Waals surface area contributed by atoms with Crippen LogP contribution in [0.5, 0.6) is 0 Å². The van der Waals surface area contributed by atoms with Crippen LogP contribution in [-0.4, -0.2) is 23.3 Å². The van der Waals surface area contributed by atoms with Crippen molar-refractivity contribution >= 4 is 5.91 Å². The lowest BCUT2D eigenvalue weighted by molar-refractivity contribution is -0.169. The van der Waals surface area contributed by atoms with Crippen LogP contribution in [-0.2, 0) is 11.3 Å². The van der Waals surface area contributed by atoms with Gasteiger partial charge in [0, 0.05) is 6.54 Å². The smallest absolute Gasteiger partial charge is 0.259 e. The van der Waals surface area contributed by atoms with E-state index in [-0.39, 0.29) is 5.91 Å². The summed E-state index contributed by atoms with van der Waals surface area (Å²) in [6.07, 6.45) is 4.83. The third-order valence-electron chi connectivity index (χ3n) is 4.70. The van der Waals surface area contributed by atoms with E-state index < -0.39 is 18.4 Å². The van der Waals surface area contributed by atoms with Gasteiger partial charge in [0.05, 0.1) is 5.92 Å². The van der Waals surface area contributed by atoms with Crippen LogP contribution in [0, 0.1) is 5.92 Å². The number of halogens is 2. The fraction of sp³-hybridized carbons (Fsp3) is 0.632. The molecule has 1 heterocycles. The quantitative estimate of drug-likeness (QED) is 0.437. The summed E-state index contributed by atoms with van der Waals surface area (Å²) in [6, 6.07) is 8.45. The molecule has 1 aromatic carbocycles. The first-order valence-corrected chi connectivity index (χ1v) is 8.77. The van der Waals surface area contributed by atoms with E-state index in [4.69, 9.17) is 0 Å². The third-order valence-corrected chi connectivity index (χ3v) is 4.70. The van der Waals surface area contributed by atoms with E-state index in [0.29, 0.717) is 13.0 Å². The lowest BCUT2D eigenvalue weighted by atomic mass is 9.82. The van der Waals surface area contributed by atoms with Crippen molar-refractivity contribution in [3.63, 3.8) is 0 Å². The number of benzene rings is 1. The number of hydrogen-bond acceptors (Lipinski definition) is 1. The zero-order valence-corrected chi connectivity index (χ0v) is 13.9. The summed E-state index contributed by atoms with van der Waals surface area (Å²) in [5.74, 6) is -0.586. The Morgan fingerprint density at radius 2 is 1.70 bits per heavy atom. The normalized spacial score (nSPS) is 20.9. The Bertz CT molecular complexity index is 478. The second kappa shape index (κ2) is 8.99. The molecule has 0 aromatic heterocycles. The maximum absolute atomic E-state index is 13.3. The number of nitrogens with zero attached hydrogens (tertiary/aromatic N) is 1. The summed E-state index contributed by atoms with van der Waals surface area (Å²) in [7, 11) is 0. The number of carbonyl (C=O) groups is 1. The molecule has 1 amide bonds. The van der Waals surface area contributed by atoms with Gasteiger partial charge in [-0.15, -0.1) is 0 Å². The number of unbranched alkanes of at least 4 members (excludes halogenated alkanes) is 5. The van der Waals surface area contributed by atoms with Crippen LogP contribution in [0.1, 0.15) is 57.4 Å². The molecule has 2 atom stereocenters. The monoisotopic (exact) mass is 323 g/mol. The Morgan fingerprint density at radius 1 is 1.04 bits per heavy atom. The minimum Gasteiger partial charge on any atom is -0.329 e. The fourth-order valence-corrected chi connectivity index (χ4v) is 3.35. The third kappa shape index (κ3) is 4.76. The number of alkyl halides is 2. The van der Waals surface area contributed by atoms with Gasteiger partial charge in [-0.05, 0) is 12.0 Å². The number of likely N-dealkylation sites (tertiary alicyclic amines) is 1. The number of hydrogen-bond donors (Lipinski definition) is 0. The van der Waals surface area contributed by atoms with E-state index in [0.717, 1.165) is 24.8 Å². The van der Waals surface area contributed by atoms with Crippen LogP contribution < -0.4 is 0 Å². The van der Waals surface area contributed by atoms with E-state index >= 15 is 0 Å². The topological polar surface area (TPSA) is 20.3 Å². The van der Waals surface area contributed by atoms with Crippen molar-refractivity contribution in [3.8, 4) is 0 Å². The van der Waals surface area contributed by atoms with E-state index in [2.05, 4.69) is 6.92 Å². The molecule has 23 heavy (non-hydrogen) atoms. The molecule has 4 heteroatoms. The first kappa shape index (κ1) is 17.9. The molecule has 0 spiro atoms. The van der Waals surface area contributed by atoms with Crippen molar-refractivity contribution in [1.82, 2.24) is 4.90 Å². The van der Waals surface area contributed by atoms with Gasteiger partial charge >= 0.3 is 0 Å².